The highest BCUT2D eigenvalue weighted by Crippen LogP contribution is 2.20. The fraction of sp³-hybridized carbons (Fsp3) is 0.0833. The van der Waals surface area contributed by atoms with Gasteiger partial charge in [0.25, 0.3) is 0 Å². The van der Waals surface area contributed by atoms with Crippen LogP contribution in [0.25, 0.3) is 0 Å². The van der Waals surface area contributed by atoms with Crippen LogP contribution in [0.15, 0.2) is 42.6 Å². The van der Waals surface area contributed by atoms with E-state index < -0.39 is 0 Å². The van der Waals surface area contributed by atoms with Gasteiger partial charge in [0.15, 0.2) is 0 Å². The van der Waals surface area contributed by atoms with Crippen molar-refractivity contribution in [3.05, 3.63) is 47.6 Å². The average Bonchev–Trinajstić information content (AvgIpc) is 2.32. The van der Waals surface area contributed by atoms with Crippen LogP contribution in [0.5, 0.6) is 5.75 Å². The Morgan fingerprint density at radius 2 is 1.94 bits per heavy atom. The SMILES string of the molecule is COc1ccnc(Nc2ccc(Cl)cc2)c1. The molecule has 16 heavy (non-hydrogen) atoms. The van der Waals surface area contributed by atoms with Crippen LogP contribution in [0.2, 0.25) is 5.02 Å². The summed E-state index contributed by atoms with van der Waals surface area (Å²) in [4.78, 5) is 4.18. The molecule has 1 aromatic heterocycles. The third kappa shape index (κ3) is 2.64. The number of aromatic nitrogens is 1. The summed E-state index contributed by atoms with van der Waals surface area (Å²) in [5.41, 5.74) is 0.935. The summed E-state index contributed by atoms with van der Waals surface area (Å²) in [6.07, 6.45) is 1.69. The third-order valence-corrected chi connectivity index (χ3v) is 2.34. The number of nitrogens with one attached hydrogen (secondary N) is 1. The molecule has 3 nitrogen and oxygen atoms in total. The van der Waals surface area contributed by atoms with Gasteiger partial charge in [-0.3, -0.25) is 0 Å². The lowest BCUT2D eigenvalue weighted by Gasteiger charge is -2.06. The van der Waals surface area contributed by atoms with Crippen molar-refractivity contribution in [2.45, 2.75) is 0 Å². The molecule has 0 amide bonds. The van der Waals surface area contributed by atoms with Gasteiger partial charge in [-0.05, 0) is 30.3 Å². The number of pyridine rings is 1. The summed E-state index contributed by atoms with van der Waals surface area (Å²) >= 11 is 5.80. The van der Waals surface area contributed by atoms with Gasteiger partial charge in [0.05, 0.1) is 7.11 Å². The molecule has 0 bridgehead atoms. The zero-order valence-corrected chi connectivity index (χ0v) is 9.53. The van der Waals surface area contributed by atoms with E-state index in [0.29, 0.717) is 5.02 Å². The molecule has 0 aliphatic carbocycles. The Morgan fingerprint density at radius 1 is 1.19 bits per heavy atom. The largest absolute Gasteiger partial charge is 0.497 e. The first kappa shape index (κ1) is 10.8. The van der Waals surface area contributed by atoms with E-state index >= 15 is 0 Å². The molecule has 0 aliphatic rings. The zero-order valence-electron chi connectivity index (χ0n) is 8.77. The van der Waals surface area contributed by atoms with Gasteiger partial charge < -0.3 is 10.1 Å². The van der Waals surface area contributed by atoms with Crippen LogP contribution in [0.3, 0.4) is 0 Å². The number of benzene rings is 1. The van der Waals surface area contributed by atoms with E-state index in [4.69, 9.17) is 16.3 Å². The lowest BCUT2D eigenvalue weighted by Crippen LogP contribution is -1.93. The Balaban J connectivity index is 2.16. The number of methoxy groups -OCH3 is 1. The number of ether oxygens (including phenoxy) is 1. The molecular formula is C12H11ClN2O. The van der Waals surface area contributed by atoms with Crippen LogP contribution in [0, 0.1) is 0 Å². The summed E-state index contributed by atoms with van der Waals surface area (Å²) in [6.45, 7) is 0. The van der Waals surface area contributed by atoms with Gasteiger partial charge in [-0.1, -0.05) is 11.6 Å². The van der Waals surface area contributed by atoms with Gasteiger partial charge in [-0.2, -0.15) is 0 Å². The number of hydrogen-bond donors (Lipinski definition) is 1. The van der Waals surface area contributed by atoms with E-state index in [9.17, 15) is 0 Å². The molecule has 0 fully saturated rings. The summed E-state index contributed by atoms with van der Waals surface area (Å²) in [5, 5.41) is 3.87. The summed E-state index contributed by atoms with van der Waals surface area (Å²) in [7, 11) is 1.63. The van der Waals surface area contributed by atoms with Gasteiger partial charge >= 0.3 is 0 Å². The Hall–Kier alpha value is -1.74. The lowest BCUT2D eigenvalue weighted by molar-refractivity contribution is 0.414. The van der Waals surface area contributed by atoms with Gasteiger partial charge in [-0.15, -0.1) is 0 Å². The van der Waals surface area contributed by atoms with Crippen LogP contribution in [0.1, 0.15) is 0 Å². The Labute approximate surface area is 99.0 Å². The molecule has 1 N–H and O–H groups in total. The monoisotopic (exact) mass is 234 g/mol. The average molecular weight is 235 g/mol. The first-order valence-corrected chi connectivity index (χ1v) is 5.18. The number of halogens is 1. The maximum atomic E-state index is 5.80. The highest BCUT2D eigenvalue weighted by molar-refractivity contribution is 6.30. The van der Waals surface area contributed by atoms with E-state index in [1.54, 1.807) is 19.4 Å². The molecule has 0 unspecified atom stereocenters. The van der Waals surface area contributed by atoms with Crippen LogP contribution in [-0.2, 0) is 0 Å². The van der Waals surface area contributed by atoms with Crippen molar-refractivity contribution in [1.29, 1.82) is 0 Å². The van der Waals surface area contributed by atoms with E-state index in [1.165, 1.54) is 0 Å². The van der Waals surface area contributed by atoms with Gasteiger partial charge in [-0.25, -0.2) is 4.98 Å². The quantitative estimate of drug-likeness (QED) is 0.883. The van der Waals surface area contributed by atoms with Gasteiger partial charge in [0.2, 0.25) is 0 Å². The molecule has 2 rings (SSSR count). The molecule has 0 spiro atoms. The molecule has 0 aliphatic heterocycles. The second-order valence-electron chi connectivity index (χ2n) is 3.21. The normalized spacial score (nSPS) is 9.88. The van der Waals surface area contributed by atoms with Crippen molar-refractivity contribution >= 4 is 23.1 Å². The molecule has 0 saturated heterocycles. The van der Waals surface area contributed by atoms with Crippen molar-refractivity contribution in [2.75, 3.05) is 12.4 Å². The highest BCUT2D eigenvalue weighted by Gasteiger charge is 1.98. The number of nitrogens with zero attached hydrogens (tertiary/aromatic N) is 1. The molecule has 0 atom stereocenters. The van der Waals surface area contributed by atoms with E-state index in [-0.39, 0.29) is 0 Å². The zero-order chi connectivity index (χ0) is 11.4. The minimum atomic E-state index is 0.712. The molecule has 0 saturated carbocycles. The fourth-order valence-corrected chi connectivity index (χ4v) is 1.41. The first-order chi connectivity index (χ1) is 7.78. The number of hydrogen-bond acceptors (Lipinski definition) is 3. The number of rotatable bonds is 3. The topological polar surface area (TPSA) is 34.1 Å². The van der Waals surface area contributed by atoms with Crippen LogP contribution >= 0.6 is 11.6 Å². The Bertz CT molecular complexity index is 471. The second kappa shape index (κ2) is 4.86. The van der Waals surface area contributed by atoms with Gasteiger partial charge in [0.1, 0.15) is 11.6 Å². The predicted molar refractivity (Wildman–Crippen MR) is 65.5 cm³/mol. The summed E-state index contributed by atoms with van der Waals surface area (Å²) < 4.78 is 5.11. The maximum absolute atomic E-state index is 5.80. The van der Waals surface area contributed by atoms with Crippen molar-refractivity contribution in [2.24, 2.45) is 0 Å². The summed E-state index contributed by atoms with van der Waals surface area (Å²) in [6, 6.07) is 11.1. The van der Waals surface area contributed by atoms with E-state index in [1.807, 2.05) is 30.3 Å². The number of anilines is 2. The van der Waals surface area contributed by atoms with Crippen molar-refractivity contribution in [3.8, 4) is 5.75 Å². The van der Waals surface area contributed by atoms with Crippen molar-refractivity contribution < 1.29 is 4.74 Å². The van der Waals surface area contributed by atoms with Crippen molar-refractivity contribution in [1.82, 2.24) is 4.98 Å². The third-order valence-electron chi connectivity index (χ3n) is 2.08. The molecule has 1 aromatic carbocycles. The maximum Gasteiger partial charge on any atom is 0.133 e. The Morgan fingerprint density at radius 3 is 2.62 bits per heavy atom. The first-order valence-electron chi connectivity index (χ1n) is 4.80. The minimum absolute atomic E-state index is 0.712. The molecule has 4 heteroatoms. The van der Waals surface area contributed by atoms with Crippen LogP contribution in [-0.4, -0.2) is 12.1 Å². The fourth-order valence-electron chi connectivity index (χ4n) is 1.29. The van der Waals surface area contributed by atoms with Crippen LogP contribution < -0.4 is 10.1 Å². The van der Waals surface area contributed by atoms with Crippen LogP contribution in [0.4, 0.5) is 11.5 Å². The van der Waals surface area contributed by atoms with E-state index in [2.05, 4.69) is 10.3 Å². The smallest absolute Gasteiger partial charge is 0.133 e. The minimum Gasteiger partial charge on any atom is -0.497 e. The van der Waals surface area contributed by atoms with Gasteiger partial charge in [0, 0.05) is 23.0 Å². The molecule has 1 heterocycles. The molecule has 82 valence electrons. The molecule has 2 aromatic rings. The van der Waals surface area contributed by atoms with E-state index in [0.717, 1.165) is 17.3 Å². The Kier molecular flexibility index (Phi) is 3.27. The second-order valence-corrected chi connectivity index (χ2v) is 3.65. The predicted octanol–water partition coefficient (Wildman–Crippen LogP) is 3.49. The van der Waals surface area contributed by atoms with Crippen molar-refractivity contribution in [3.63, 3.8) is 0 Å². The molecule has 0 radical (unpaired) electrons. The standard InChI is InChI=1S/C12H11ClN2O/c1-16-11-6-7-14-12(8-11)15-10-4-2-9(13)3-5-10/h2-8H,1H3,(H,14,15). The summed E-state index contributed by atoms with van der Waals surface area (Å²) in [5.74, 6) is 1.51. The lowest BCUT2D eigenvalue weighted by atomic mass is 10.3. The highest BCUT2D eigenvalue weighted by atomic mass is 35.5. The molecular weight excluding hydrogens is 224 g/mol.